The first-order valence-electron chi connectivity index (χ1n) is 10.1. The van der Waals surface area contributed by atoms with Gasteiger partial charge in [0, 0.05) is 7.11 Å². The highest BCUT2D eigenvalue weighted by atomic mass is 35.6. The van der Waals surface area contributed by atoms with Crippen LogP contribution in [0.15, 0.2) is 60.7 Å². The van der Waals surface area contributed by atoms with E-state index in [1.54, 1.807) is 67.6 Å². The Morgan fingerprint density at radius 2 is 1.29 bits per heavy atom. The van der Waals surface area contributed by atoms with E-state index in [0.29, 0.717) is 5.56 Å². The molecule has 1 aliphatic rings. The molecule has 1 unspecified atom stereocenters. The van der Waals surface area contributed by atoms with E-state index in [0.717, 1.165) is 0 Å². The summed E-state index contributed by atoms with van der Waals surface area (Å²) < 4.78 is 25.9. The number of halogens is 3. The first kappa shape index (κ1) is 26.2. The number of rotatable bonds is 6. The Balaban J connectivity index is 1.88. The Morgan fingerprint density at radius 1 is 0.824 bits per heavy atom. The Kier molecular flexibility index (Phi) is 8.78. The molecule has 1 saturated heterocycles. The number of ether oxygens (including phenoxy) is 5. The second-order valence-electron chi connectivity index (χ2n) is 7.33. The maximum absolute atomic E-state index is 12.8. The molecule has 3 rings (SSSR count). The highest BCUT2D eigenvalue weighted by molar-refractivity contribution is 6.76. The molecular formula is C23H22Cl3NO7. The fourth-order valence-corrected chi connectivity index (χ4v) is 3.47. The Morgan fingerprint density at radius 3 is 1.74 bits per heavy atom. The molecule has 1 heterocycles. The molecule has 11 heteroatoms. The van der Waals surface area contributed by atoms with Gasteiger partial charge in [-0.25, -0.2) is 9.59 Å². The van der Waals surface area contributed by atoms with Crippen LogP contribution in [0.2, 0.25) is 0 Å². The molecule has 0 bridgehead atoms. The van der Waals surface area contributed by atoms with Crippen LogP contribution >= 0.6 is 34.8 Å². The summed E-state index contributed by atoms with van der Waals surface area (Å²) in [6.45, 7) is 1.61. The van der Waals surface area contributed by atoms with Gasteiger partial charge in [-0.1, -0.05) is 71.2 Å². The molecule has 0 radical (unpaired) electrons. The van der Waals surface area contributed by atoms with Crippen LogP contribution in [0.5, 0.6) is 0 Å². The molecule has 34 heavy (non-hydrogen) atoms. The summed E-state index contributed by atoms with van der Waals surface area (Å²) in [6, 6.07) is 16.5. The van der Waals surface area contributed by atoms with Gasteiger partial charge < -0.3 is 23.7 Å². The van der Waals surface area contributed by atoms with Crippen LogP contribution in [0.3, 0.4) is 0 Å². The molecule has 0 saturated carbocycles. The topological polar surface area (TPSA) is 104 Å². The number of methoxy groups -OCH3 is 1. The van der Waals surface area contributed by atoms with Crippen molar-refractivity contribution in [3.63, 3.8) is 0 Å². The van der Waals surface area contributed by atoms with Crippen LogP contribution in [0.25, 0.3) is 0 Å². The van der Waals surface area contributed by atoms with E-state index in [9.17, 15) is 9.59 Å². The van der Waals surface area contributed by atoms with Crippen molar-refractivity contribution in [2.24, 2.45) is 0 Å². The average molecular weight is 531 g/mol. The smallest absolute Gasteiger partial charge is 0.338 e. The number of benzene rings is 2. The molecule has 8 nitrogen and oxygen atoms in total. The zero-order chi connectivity index (χ0) is 24.9. The number of esters is 2. The molecule has 182 valence electrons. The van der Waals surface area contributed by atoms with Gasteiger partial charge in [-0.2, -0.15) is 0 Å². The van der Waals surface area contributed by atoms with Crippen LogP contribution in [0, 0.1) is 5.41 Å². The minimum absolute atomic E-state index is 0.254. The third kappa shape index (κ3) is 6.40. The Labute approximate surface area is 211 Å². The van der Waals surface area contributed by atoms with Crippen LogP contribution in [0.4, 0.5) is 0 Å². The first-order chi connectivity index (χ1) is 16.1. The molecule has 5 atom stereocenters. The molecule has 2 aromatic carbocycles. The Bertz CT molecular complexity index is 1000. The summed E-state index contributed by atoms with van der Waals surface area (Å²) in [7, 11) is 1.35. The van der Waals surface area contributed by atoms with E-state index < -0.39 is 52.3 Å². The summed E-state index contributed by atoms with van der Waals surface area (Å²) in [5, 5.41) is 7.91. The molecule has 2 aromatic rings. The van der Waals surface area contributed by atoms with Crippen molar-refractivity contribution in [2.45, 2.75) is 41.4 Å². The predicted molar refractivity (Wildman–Crippen MR) is 126 cm³/mol. The lowest BCUT2D eigenvalue weighted by Gasteiger charge is -2.43. The van der Waals surface area contributed by atoms with Gasteiger partial charge in [0.2, 0.25) is 12.2 Å². The summed E-state index contributed by atoms with van der Waals surface area (Å²) in [6.07, 6.45) is -5.49. The molecular weight excluding hydrogens is 509 g/mol. The zero-order valence-corrected chi connectivity index (χ0v) is 20.4. The van der Waals surface area contributed by atoms with E-state index in [-0.39, 0.29) is 5.56 Å². The number of hydrogen-bond donors (Lipinski definition) is 1. The monoisotopic (exact) mass is 529 g/mol. The standard InChI is InChI=1S/C23H22Cl3NO7/c1-13-16(32-19(28)14-9-5-3-6-10-14)17(30-2)18(21(31-13)34-22(27)23(24,25)26)33-20(29)15-11-7-4-8-12-15/h3-13,16-18,21,27H,1-2H3/t13-,16-,17+,18+,21?/m0/s1. The first-order valence-corrected chi connectivity index (χ1v) is 11.3. The van der Waals surface area contributed by atoms with E-state index in [2.05, 4.69) is 0 Å². The van der Waals surface area contributed by atoms with Crippen LogP contribution < -0.4 is 0 Å². The van der Waals surface area contributed by atoms with Crippen molar-refractivity contribution in [1.29, 1.82) is 5.41 Å². The van der Waals surface area contributed by atoms with Gasteiger partial charge in [-0.05, 0) is 31.2 Å². The van der Waals surface area contributed by atoms with Gasteiger partial charge in [0.15, 0.2) is 12.2 Å². The van der Waals surface area contributed by atoms with Gasteiger partial charge in [0.1, 0.15) is 6.10 Å². The normalized spacial score (nSPS) is 24.7. The van der Waals surface area contributed by atoms with Gasteiger partial charge in [0.25, 0.3) is 3.79 Å². The summed E-state index contributed by atoms with van der Waals surface area (Å²) in [5.41, 5.74) is 0.572. The van der Waals surface area contributed by atoms with Crippen molar-refractivity contribution < 1.29 is 33.3 Å². The largest absolute Gasteiger partial charge is 0.453 e. The van der Waals surface area contributed by atoms with Crippen molar-refractivity contribution in [1.82, 2.24) is 0 Å². The van der Waals surface area contributed by atoms with E-state index in [1.807, 2.05) is 0 Å². The molecule has 0 aromatic heterocycles. The molecule has 1 fully saturated rings. The molecule has 1 N–H and O–H groups in total. The molecule has 1 aliphatic heterocycles. The second kappa shape index (κ2) is 11.4. The highest BCUT2D eigenvalue weighted by Crippen LogP contribution is 2.33. The Hall–Kier alpha value is -2.36. The van der Waals surface area contributed by atoms with Crippen molar-refractivity contribution >= 4 is 52.6 Å². The maximum atomic E-state index is 12.8. The lowest BCUT2D eigenvalue weighted by atomic mass is 9.98. The third-order valence-electron chi connectivity index (χ3n) is 5.00. The van der Waals surface area contributed by atoms with Gasteiger partial charge >= 0.3 is 11.9 Å². The van der Waals surface area contributed by atoms with Gasteiger partial charge in [-0.15, -0.1) is 0 Å². The van der Waals surface area contributed by atoms with E-state index in [1.165, 1.54) is 7.11 Å². The number of hydrogen-bond acceptors (Lipinski definition) is 8. The average Bonchev–Trinajstić information content (AvgIpc) is 2.82. The number of carbonyl (C=O) groups is 2. The summed E-state index contributed by atoms with van der Waals surface area (Å²) >= 11 is 17.2. The predicted octanol–water partition coefficient (Wildman–Crippen LogP) is 4.56. The highest BCUT2D eigenvalue weighted by Gasteiger charge is 2.51. The van der Waals surface area contributed by atoms with Crippen LogP contribution in [-0.4, -0.2) is 59.4 Å². The molecule has 0 aliphatic carbocycles. The maximum Gasteiger partial charge on any atom is 0.338 e. The van der Waals surface area contributed by atoms with Crippen LogP contribution in [0.1, 0.15) is 27.6 Å². The van der Waals surface area contributed by atoms with Crippen molar-refractivity contribution in [3.05, 3.63) is 71.8 Å². The minimum atomic E-state index is -2.18. The number of nitrogens with one attached hydrogen (secondary N) is 1. The SMILES string of the molecule is CO[C@@H]1[C@@H](OC(=O)c2ccccc2)[C@H](C)OC(OC(=N)C(Cl)(Cl)Cl)[C@@H]1OC(=O)c1ccccc1. The van der Waals surface area contributed by atoms with E-state index >= 15 is 0 Å². The second-order valence-corrected chi connectivity index (χ2v) is 9.61. The minimum Gasteiger partial charge on any atom is -0.453 e. The number of alkyl halides is 3. The van der Waals surface area contributed by atoms with Crippen molar-refractivity contribution in [3.8, 4) is 0 Å². The molecule has 0 spiro atoms. The van der Waals surface area contributed by atoms with Crippen molar-refractivity contribution in [2.75, 3.05) is 7.11 Å². The van der Waals surface area contributed by atoms with Crippen LogP contribution in [-0.2, 0) is 23.7 Å². The summed E-state index contributed by atoms with van der Waals surface area (Å²) in [5.74, 6) is -2.08. The van der Waals surface area contributed by atoms with Gasteiger partial charge in [0.05, 0.1) is 17.2 Å². The van der Waals surface area contributed by atoms with E-state index in [4.69, 9.17) is 63.9 Å². The fourth-order valence-electron chi connectivity index (χ4n) is 3.34. The van der Waals surface area contributed by atoms with Gasteiger partial charge in [-0.3, -0.25) is 5.41 Å². The number of carbonyl (C=O) groups excluding carboxylic acids is 2. The third-order valence-corrected chi connectivity index (χ3v) is 5.51. The summed E-state index contributed by atoms with van der Waals surface area (Å²) in [4.78, 5) is 25.5. The fraction of sp³-hybridized carbons (Fsp3) is 0.348. The quantitative estimate of drug-likeness (QED) is 0.253. The lowest BCUT2D eigenvalue weighted by Crippen LogP contribution is -2.61. The lowest BCUT2D eigenvalue weighted by molar-refractivity contribution is -0.275. The molecule has 0 amide bonds. The zero-order valence-electron chi connectivity index (χ0n) is 18.2.